The quantitative estimate of drug-likeness (QED) is 0.926. The van der Waals surface area contributed by atoms with Gasteiger partial charge in [-0.15, -0.1) is 0 Å². The zero-order valence-electron chi connectivity index (χ0n) is 14.0. The van der Waals surface area contributed by atoms with E-state index in [9.17, 15) is 4.79 Å². The van der Waals surface area contributed by atoms with Gasteiger partial charge in [0.05, 0.1) is 45.4 Å². The summed E-state index contributed by atoms with van der Waals surface area (Å²) in [6, 6.07) is 4.99. The lowest BCUT2D eigenvalue weighted by molar-refractivity contribution is -0.00410. The van der Waals surface area contributed by atoms with Crippen molar-refractivity contribution in [3.8, 4) is 11.5 Å². The van der Waals surface area contributed by atoms with Crippen molar-refractivity contribution in [1.82, 2.24) is 15.1 Å². The summed E-state index contributed by atoms with van der Waals surface area (Å²) in [4.78, 5) is 14.9. The molecule has 1 aliphatic rings. The first-order valence-corrected chi connectivity index (χ1v) is 7.75. The fourth-order valence-corrected chi connectivity index (χ4v) is 2.88. The Morgan fingerprint density at radius 1 is 1.29 bits per heavy atom. The molecule has 1 N–H and O–H groups in total. The normalized spacial score (nSPS) is 17.6. The molecule has 128 valence electrons. The zero-order valence-corrected chi connectivity index (χ0v) is 14.0. The van der Waals surface area contributed by atoms with Crippen LogP contribution in [0.3, 0.4) is 0 Å². The summed E-state index contributed by atoms with van der Waals surface area (Å²) in [5.74, 6) is 1.08. The number of hydrogen-bond donors (Lipinski definition) is 1. The average molecular weight is 331 g/mol. The van der Waals surface area contributed by atoms with Gasteiger partial charge in [0.25, 0.3) is 5.91 Å². The van der Waals surface area contributed by atoms with Crippen LogP contribution in [0.5, 0.6) is 11.5 Å². The highest BCUT2D eigenvalue weighted by Crippen LogP contribution is 2.29. The van der Waals surface area contributed by atoms with Gasteiger partial charge in [-0.05, 0) is 24.6 Å². The lowest BCUT2D eigenvalue weighted by Gasteiger charge is -2.35. The van der Waals surface area contributed by atoms with E-state index in [0.717, 1.165) is 11.3 Å². The highest BCUT2D eigenvalue weighted by atomic mass is 16.5. The number of ether oxygens (including phenoxy) is 3. The maximum absolute atomic E-state index is 13.1. The molecule has 1 aliphatic heterocycles. The minimum absolute atomic E-state index is 0.0884. The molecule has 0 bridgehead atoms. The summed E-state index contributed by atoms with van der Waals surface area (Å²) in [7, 11) is 3.13. The molecule has 3 rings (SSSR count). The van der Waals surface area contributed by atoms with E-state index in [-0.39, 0.29) is 11.9 Å². The van der Waals surface area contributed by atoms with Gasteiger partial charge >= 0.3 is 0 Å². The van der Waals surface area contributed by atoms with Crippen LogP contribution in [0.25, 0.3) is 0 Å². The Morgan fingerprint density at radius 2 is 2.00 bits per heavy atom. The molecule has 1 fully saturated rings. The molecular weight excluding hydrogens is 310 g/mol. The molecule has 1 amide bonds. The minimum Gasteiger partial charge on any atom is -0.497 e. The predicted octanol–water partition coefficient (Wildman–Crippen LogP) is 1.95. The second kappa shape index (κ2) is 6.92. The van der Waals surface area contributed by atoms with Crippen molar-refractivity contribution in [3.05, 3.63) is 41.2 Å². The lowest BCUT2D eigenvalue weighted by atomic mass is 10.1. The van der Waals surface area contributed by atoms with E-state index < -0.39 is 0 Å². The molecule has 2 aromatic rings. The number of hydrogen-bond acceptors (Lipinski definition) is 5. The number of carbonyl (C=O) groups is 1. The number of aryl methyl sites for hydroxylation is 1. The van der Waals surface area contributed by atoms with Gasteiger partial charge in [0.2, 0.25) is 0 Å². The molecule has 0 saturated carbocycles. The van der Waals surface area contributed by atoms with Crippen LogP contribution < -0.4 is 9.47 Å². The Bertz CT molecular complexity index is 706. The fourth-order valence-electron chi connectivity index (χ4n) is 2.88. The first kappa shape index (κ1) is 16.3. The molecule has 1 unspecified atom stereocenters. The number of nitrogens with zero attached hydrogens (tertiary/aromatic N) is 2. The van der Waals surface area contributed by atoms with Gasteiger partial charge in [-0.3, -0.25) is 9.89 Å². The second-order valence-electron chi connectivity index (χ2n) is 5.66. The van der Waals surface area contributed by atoms with Crippen LogP contribution in [0.4, 0.5) is 0 Å². The number of methoxy groups -OCH3 is 2. The van der Waals surface area contributed by atoms with E-state index in [2.05, 4.69) is 10.2 Å². The molecule has 1 aromatic heterocycles. The SMILES string of the molecule is COc1cc(OC)cc(C(=O)N2CCOCC2c2[nH]ncc2C)c1. The van der Waals surface area contributed by atoms with E-state index in [1.807, 2.05) is 6.92 Å². The molecule has 1 saturated heterocycles. The summed E-state index contributed by atoms with van der Waals surface area (Å²) >= 11 is 0. The van der Waals surface area contributed by atoms with Crippen LogP contribution in [0, 0.1) is 6.92 Å². The number of nitrogens with one attached hydrogen (secondary N) is 1. The first-order chi connectivity index (χ1) is 11.6. The van der Waals surface area contributed by atoms with Crippen LogP contribution in [0.15, 0.2) is 24.4 Å². The Balaban J connectivity index is 1.93. The Hall–Kier alpha value is -2.54. The maximum Gasteiger partial charge on any atom is 0.254 e. The van der Waals surface area contributed by atoms with Gasteiger partial charge in [0, 0.05) is 18.2 Å². The largest absolute Gasteiger partial charge is 0.497 e. The third-order valence-electron chi connectivity index (χ3n) is 4.19. The number of H-pyrrole nitrogens is 1. The van der Waals surface area contributed by atoms with Crippen molar-refractivity contribution in [3.63, 3.8) is 0 Å². The van der Waals surface area contributed by atoms with Gasteiger partial charge in [0.15, 0.2) is 0 Å². The predicted molar refractivity (Wildman–Crippen MR) is 87.5 cm³/mol. The van der Waals surface area contributed by atoms with Gasteiger partial charge in [-0.25, -0.2) is 0 Å². The summed E-state index contributed by atoms with van der Waals surface area (Å²) < 4.78 is 16.1. The highest BCUT2D eigenvalue weighted by molar-refractivity contribution is 5.95. The third-order valence-corrected chi connectivity index (χ3v) is 4.19. The zero-order chi connectivity index (χ0) is 17.1. The number of aromatic nitrogens is 2. The number of amides is 1. The van der Waals surface area contributed by atoms with Crippen molar-refractivity contribution in [2.45, 2.75) is 13.0 Å². The van der Waals surface area contributed by atoms with E-state index >= 15 is 0 Å². The smallest absolute Gasteiger partial charge is 0.254 e. The molecule has 7 heteroatoms. The van der Waals surface area contributed by atoms with Crippen LogP contribution in [-0.2, 0) is 4.74 Å². The third kappa shape index (κ3) is 3.07. The second-order valence-corrected chi connectivity index (χ2v) is 5.66. The van der Waals surface area contributed by atoms with Crippen molar-refractivity contribution in [2.24, 2.45) is 0 Å². The number of morpholine rings is 1. The monoisotopic (exact) mass is 331 g/mol. The molecular formula is C17H21N3O4. The maximum atomic E-state index is 13.1. The van der Waals surface area contributed by atoms with Crippen molar-refractivity contribution >= 4 is 5.91 Å². The van der Waals surface area contributed by atoms with Gasteiger partial charge in [0.1, 0.15) is 11.5 Å². The van der Waals surface area contributed by atoms with Crippen molar-refractivity contribution < 1.29 is 19.0 Å². The molecule has 1 aromatic carbocycles. The van der Waals surface area contributed by atoms with Crippen molar-refractivity contribution in [1.29, 1.82) is 0 Å². The number of aromatic amines is 1. The van der Waals surface area contributed by atoms with Crippen molar-refractivity contribution in [2.75, 3.05) is 34.0 Å². The minimum atomic E-state index is -0.189. The number of benzene rings is 1. The van der Waals surface area contributed by atoms with E-state index in [0.29, 0.717) is 36.8 Å². The fraction of sp³-hybridized carbons (Fsp3) is 0.412. The molecule has 0 aliphatic carbocycles. The topological polar surface area (TPSA) is 76.7 Å². The summed E-state index contributed by atoms with van der Waals surface area (Å²) in [5, 5.41) is 7.04. The van der Waals surface area contributed by atoms with Gasteiger partial charge < -0.3 is 19.1 Å². The molecule has 2 heterocycles. The number of carbonyl (C=O) groups excluding carboxylic acids is 1. The van der Waals surface area contributed by atoms with E-state index in [4.69, 9.17) is 14.2 Å². The molecule has 0 radical (unpaired) electrons. The summed E-state index contributed by atoms with van der Waals surface area (Å²) in [6.07, 6.45) is 1.75. The van der Waals surface area contributed by atoms with Gasteiger partial charge in [-0.1, -0.05) is 0 Å². The van der Waals surface area contributed by atoms with Crippen LogP contribution >= 0.6 is 0 Å². The standard InChI is InChI=1S/C17H21N3O4/c1-11-9-18-19-16(11)15-10-24-5-4-20(15)17(21)12-6-13(22-2)8-14(7-12)23-3/h6-9,15H,4-5,10H2,1-3H3,(H,18,19). The Kier molecular flexibility index (Phi) is 4.71. The molecule has 7 nitrogen and oxygen atoms in total. The van der Waals surface area contributed by atoms with Gasteiger partial charge in [-0.2, -0.15) is 5.10 Å². The average Bonchev–Trinajstić information content (AvgIpc) is 3.06. The number of rotatable bonds is 4. The highest BCUT2D eigenvalue weighted by Gasteiger charge is 2.31. The lowest BCUT2D eigenvalue weighted by Crippen LogP contribution is -2.43. The molecule has 24 heavy (non-hydrogen) atoms. The Morgan fingerprint density at radius 3 is 2.58 bits per heavy atom. The summed E-state index contributed by atoms with van der Waals surface area (Å²) in [5.41, 5.74) is 2.43. The molecule has 1 atom stereocenters. The Labute approximate surface area is 140 Å². The summed E-state index contributed by atoms with van der Waals surface area (Å²) in [6.45, 7) is 3.43. The van der Waals surface area contributed by atoms with Crippen LogP contribution in [0.2, 0.25) is 0 Å². The van der Waals surface area contributed by atoms with E-state index in [1.165, 1.54) is 0 Å². The van der Waals surface area contributed by atoms with Crippen LogP contribution in [-0.4, -0.2) is 55.0 Å². The molecule has 0 spiro atoms. The first-order valence-electron chi connectivity index (χ1n) is 7.75. The van der Waals surface area contributed by atoms with Crippen LogP contribution in [0.1, 0.15) is 27.7 Å². The van der Waals surface area contributed by atoms with E-state index in [1.54, 1.807) is 43.5 Å².